The molecule has 1 aliphatic rings. The average Bonchev–Trinajstić information content (AvgIpc) is 2.48. The van der Waals surface area contributed by atoms with Crippen LogP contribution in [0.25, 0.3) is 0 Å². The third kappa shape index (κ3) is 4.47. The maximum atomic E-state index is 12.1. The van der Waals surface area contributed by atoms with Crippen LogP contribution in [0, 0.1) is 0 Å². The molecule has 20 heavy (non-hydrogen) atoms. The van der Waals surface area contributed by atoms with E-state index >= 15 is 0 Å². The lowest BCUT2D eigenvalue weighted by Gasteiger charge is -2.25. The molecule has 1 fully saturated rings. The first-order valence-electron chi connectivity index (χ1n) is 6.91. The van der Waals surface area contributed by atoms with Crippen molar-refractivity contribution in [3.63, 3.8) is 0 Å². The summed E-state index contributed by atoms with van der Waals surface area (Å²) in [6.07, 6.45) is 1.03. The Bertz CT molecular complexity index is 416. The molecule has 0 aromatic heterocycles. The average molecular weight is 299 g/mol. The van der Waals surface area contributed by atoms with E-state index in [0.717, 1.165) is 18.5 Å². The summed E-state index contributed by atoms with van der Waals surface area (Å²) in [5, 5.41) is 6.18. The lowest BCUT2D eigenvalue weighted by Crippen LogP contribution is -2.51. The van der Waals surface area contributed by atoms with E-state index in [1.54, 1.807) is 0 Å². The number of ether oxygens (including phenoxy) is 1. The molecule has 1 heterocycles. The van der Waals surface area contributed by atoms with Gasteiger partial charge in [0, 0.05) is 6.54 Å². The van der Waals surface area contributed by atoms with Crippen molar-refractivity contribution in [1.29, 1.82) is 0 Å². The number of benzene rings is 1. The number of rotatable bonds is 4. The van der Waals surface area contributed by atoms with E-state index in [-0.39, 0.29) is 30.4 Å². The minimum absolute atomic E-state index is 0. The van der Waals surface area contributed by atoms with Crippen LogP contribution in [0.2, 0.25) is 0 Å². The fourth-order valence-corrected chi connectivity index (χ4v) is 2.17. The van der Waals surface area contributed by atoms with Crippen LogP contribution in [-0.2, 0) is 16.0 Å². The summed E-state index contributed by atoms with van der Waals surface area (Å²) in [5.74, 6) is 0.00627. The Balaban J connectivity index is 0.00000200. The first-order valence-corrected chi connectivity index (χ1v) is 6.91. The third-order valence-electron chi connectivity index (χ3n) is 3.48. The number of halogens is 1. The number of hydrogen-bond donors (Lipinski definition) is 2. The zero-order valence-corrected chi connectivity index (χ0v) is 12.8. The quantitative estimate of drug-likeness (QED) is 0.892. The van der Waals surface area contributed by atoms with E-state index in [1.807, 2.05) is 6.92 Å². The standard InChI is InChI=1S/C15H22N2O2.ClH/c1-3-12-4-6-13(7-5-12)11(2)17-15(18)14-10-19-9-8-16-14;/h4-7,11,14,16H,3,8-10H2,1-2H3,(H,17,18);1H. The second-order valence-electron chi connectivity index (χ2n) is 4.91. The second-order valence-corrected chi connectivity index (χ2v) is 4.91. The molecule has 0 spiro atoms. The Morgan fingerprint density at radius 1 is 1.45 bits per heavy atom. The van der Waals surface area contributed by atoms with E-state index in [9.17, 15) is 4.79 Å². The summed E-state index contributed by atoms with van der Waals surface area (Å²) in [5.41, 5.74) is 2.44. The normalized spacial score (nSPS) is 19.8. The Hall–Kier alpha value is -1.10. The predicted molar refractivity (Wildman–Crippen MR) is 82.2 cm³/mol. The molecule has 1 amide bonds. The van der Waals surface area contributed by atoms with Crippen molar-refractivity contribution >= 4 is 18.3 Å². The Labute approximate surface area is 126 Å². The topological polar surface area (TPSA) is 50.4 Å². The van der Waals surface area contributed by atoms with Crippen LogP contribution in [0.15, 0.2) is 24.3 Å². The first kappa shape index (κ1) is 17.0. The van der Waals surface area contributed by atoms with Gasteiger partial charge in [0.25, 0.3) is 0 Å². The summed E-state index contributed by atoms with van der Waals surface area (Å²) >= 11 is 0. The van der Waals surface area contributed by atoms with Gasteiger partial charge in [-0.25, -0.2) is 0 Å². The largest absolute Gasteiger partial charge is 0.378 e. The second kappa shape index (κ2) is 8.25. The van der Waals surface area contributed by atoms with Crippen LogP contribution in [-0.4, -0.2) is 31.7 Å². The molecule has 0 saturated carbocycles. The highest BCUT2D eigenvalue weighted by Gasteiger charge is 2.22. The monoisotopic (exact) mass is 298 g/mol. The van der Waals surface area contributed by atoms with Gasteiger partial charge in [0.15, 0.2) is 0 Å². The number of morpholine rings is 1. The Morgan fingerprint density at radius 2 is 2.15 bits per heavy atom. The van der Waals surface area contributed by atoms with Gasteiger partial charge in [-0.1, -0.05) is 31.2 Å². The lowest BCUT2D eigenvalue weighted by molar-refractivity contribution is -0.126. The highest BCUT2D eigenvalue weighted by molar-refractivity contribution is 5.85. The zero-order chi connectivity index (χ0) is 13.7. The summed E-state index contributed by atoms with van der Waals surface area (Å²) in [7, 11) is 0. The number of carbonyl (C=O) groups excluding carboxylic acids is 1. The molecule has 1 saturated heterocycles. The van der Waals surface area contributed by atoms with Gasteiger partial charge in [0.1, 0.15) is 6.04 Å². The predicted octanol–water partition coefficient (Wildman–Crippen LogP) is 1.84. The fourth-order valence-electron chi connectivity index (χ4n) is 2.17. The smallest absolute Gasteiger partial charge is 0.240 e. The molecule has 2 rings (SSSR count). The molecule has 1 aromatic carbocycles. The molecule has 5 heteroatoms. The Morgan fingerprint density at radius 3 is 2.70 bits per heavy atom. The van der Waals surface area contributed by atoms with Crippen LogP contribution in [0.5, 0.6) is 0 Å². The molecule has 2 unspecified atom stereocenters. The number of amides is 1. The Kier molecular flexibility index (Phi) is 6.99. The molecule has 0 radical (unpaired) electrons. The molecule has 2 N–H and O–H groups in total. The molecule has 4 nitrogen and oxygen atoms in total. The van der Waals surface area contributed by atoms with Crippen LogP contribution in [0.4, 0.5) is 0 Å². The van der Waals surface area contributed by atoms with Gasteiger partial charge in [0.2, 0.25) is 5.91 Å². The highest BCUT2D eigenvalue weighted by atomic mass is 35.5. The van der Waals surface area contributed by atoms with Crippen LogP contribution in [0.3, 0.4) is 0 Å². The van der Waals surface area contributed by atoms with E-state index in [1.165, 1.54) is 5.56 Å². The molecular weight excluding hydrogens is 276 g/mol. The summed E-state index contributed by atoms with van der Waals surface area (Å²) in [6, 6.07) is 8.16. The maximum absolute atomic E-state index is 12.1. The summed E-state index contributed by atoms with van der Waals surface area (Å²) < 4.78 is 5.30. The molecular formula is C15H23ClN2O2. The van der Waals surface area contributed by atoms with Gasteiger partial charge in [-0.05, 0) is 24.5 Å². The van der Waals surface area contributed by atoms with Crippen molar-refractivity contribution in [3.05, 3.63) is 35.4 Å². The number of carbonyl (C=O) groups is 1. The molecule has 1 aliphatic heterocycles. The van der Waals surface area contributed by atoms with Gasteiger partial charge in [-0.2, -0.15) is 0 Å². The lowest BCUT2D eigenvalue weighted by atomic mass is 10.0. The molecule has 0 bridgehead atoms. The van der Waals surface area contributed by atoms with Crippen molar-refractivity contribution in [3.8, 4) is 0 Å². The molecule has 1 aromatic rings. The van der Waals surface area contributed by atoms with Gasteiger partial charge in [0.05, 0.1) is 19.3 Å². The number of nitrogens with one attached hydrogen (secondary N) is 2. The fraction of sp³-hybridized carbons (Fsp3) is 0.533. The van der Waals surface area contributed by atoms with Crippen molar-refractivity contribution in [2.45, 2.75) is 32.4 Å². The third-order valence-corrected chi connectivity index (χ3v) is 3.48. The number of aryl methyl sites for hydroxylation is 1. The van der Waals surface area contributed by atoms with Crippen LogP contribution >= 0.6 is 12.4 Å². The first-order chi connectivity index (χ1) is 9.20. The highest BCUT2D eigenvalue weighted by Crippen LogP contribution is 2.14. The van der Waals surface area contributed by atoms with Crippen molar-refractivity contribution in [1.82, 2.24) is 10.6 Å². The van der Waals surface area contributed by atoms with E-state index in [0.29, 0.717) is 13.2 Å². The zero-order valence-electron chi connectivity index (χ0n) is 12.0. The summed E-state index contributed by atoms with van der Waals surface area (Å²) in [4.78, 5) is 12.1. The minimum atomic E-state index is -0.230. The molecule has 2 atom stereocenters. The van der Waals surface area contributed by atoms with Gasteiger partial charge in [-0.15, -0.1) is 12.4 Å². The maximum Gasteiger partial charge on any atom is 0.240 e. The van der Waals surface area contributed by atoms with Gasteiger partial charge in [-0.3, -0.25) is 4.79 Å². The van der Waals surface area contributed by atoms with Crippen molar-refractivity contribution in [2.24, 2.45) is 0 Å². The summed E-state index contributed by atoms with van der Waals surface area (Å²) in [6.45, 7) is 6.00. The van der Waals surface area contributed by atoms with Crippen LogP contribution in [0.1, 0.15) is 31.0 Å². The van der Waals surface area contributed by atoms with E-state index in [2.05, 4.69) is 41.8 Å². The van der Waals surface area contributed by atoms with Crippen LogP contribution < -0.4 is 10.6 Å². The van der Waals surface area contributed by atoms with Crippen molar-refractivity contribution < 1.29 is 9.53 Å². The van der Waals surface area contributed by atoms with E-state index in [4.69, 9.17) is 4.74 Å². The van der Waals surface area contributed by atoms with Gasteiger partial charge >= 0.3 is 0 Å². The van der Waals surface area contributed by atoms with Gasteiger partial charge < -0.3 is 15.4 Å². The minimum Gasteiger partial charge on any atom is -0.378 e. The SMILES string of the molecule is CCc1ccc(C(C)NC(=O)C2COCCN2)cc1.Cl. The molecule has 0 aliphatic carbocycles. The number of hydrogen-bond acceptors (Lipinski definition) is 3. The molecule has 112 valence electrons. The van der Waals surface area contributed by atoms with E-state index < -0.39 is 0 Å². The van der Waals surface area contributed by atoms with Crippen molar-refractivity contribution in [2.75, 3.05) is 19.8 Å².